The molecule has 0 aromatic heterocycles. The van der Waals surface area contributed by atoms with E-state index in [4.69, 9.17) is 4.74 Å². The van der Waals surface area contributed by atoms with Gasteiger partial charge in [-0.15, -0.1) is 0 Å². The molecule has 2 aliphatic rings. The highest BCUT2D eigenvalue weighted by molar-refractivity contribution is 5.94. The molecule has 0 spiro atoms. The number of carbonyl (C=O) groups excluding carboxylic acids is 1. The zero-order chi connectivity index (χ0) is 13.2. The summed E-state index contributed by atoms with van der Waals surface area (Å²) in [5, 5.41) is 0. The fourth-order valence-electron chi connectivity index (χ4n) is 3.26. The van der Waals surface area contributed by atoms with E-state index >= 15 is 0 Å². The highest BCUT2D eigenvalue weighted by Crippen LogP contribution is 2.37. The molecule has 1 saturated carbocycles. The van der Waals surface area contributed by atoms with Crippen LogP contribution in [-0.4, -0.2) is 30.5 Å². The largest absolute Gasteiger partial charge is 0.497 e. The smallest absolute Gasteiger partial charge is 0.254 e. The molecule has 3 rings (SSSR count). The van der Waals surface area contributed by atoms with Crippen LogP contribution < -0.4 is 4.74 Å². The van der Waals surface area contributed by atoms with E-state index in [2.05, 4.69) is 4.90 Å². The molecular weight excluding hydrogens is 238 g/mol. The second-order valence-electron chi connectivity index (χ2n) is 5.63. The van der Waals surface area contributed by atoms with E-state index in [1.807, 2.05) is 24.3 Å². The molecule has 19 heavy (non-hydrogen) atoms. The second kappa shape index (κ2) is 5.24. The highest BCUT2D eigenvalue weighted by Gasteiger charge is 2.37. The van der Waals surface area contributed by atoms with Gasteiger partial charge in [0, 0.05) is 18.2 Å². The summed E-state index contributed by atoms with van der Waals surface area (Å²) in [5.74, 6) is 1.75. The molecule has 2 fully saturated rings. The maximum Gasteiger partial charge on any atom is 0.254 e. The number of rotatable bonds is 3. The predicted octanol–water partition coefficient (Wildman–Crippen LogP) is 3.10. The van der Waals surface area contributed by atoms with Crippen molar-refractivity contribution in [2.75, 3.05) is 13.7 Å². The number of amides is 1. The summed E-state index contributed by atoms with van der Waals surface area (Å²) >= 11 is 0. The topological polar surface area (TPSA) is 29.5 Å². The van der Waals surface area contributed by atoms with Crippen molar-refractivity contribution in [1.29, 1.82) is 0 Å². The number of hydrogen-bond acceptors (Lipinski definition) is 2. The molecule has 1 unspecified atom stereocenters. The Morgan fingerprint density at radius 2 is 1.89 bits per heavy atom. The Balaban J connectivity index is 1.74. The van der Waals surface area contributed by atoms with Crippen molar-refractivity contribution in [3.05, 3.63) is 29.8 Å². The normalized spacial score (nSPS) is 23.2. The van der Waals surface area contributed by atoms with Crippen LogP contribution in [0, 0.1) is 5.92 Å². The predicted molar refractivity (Wildman–Crippen MR) is 74.4 cm³/mol. The number of ether oxygens (including phenoxy) is 1. The third-order valence-corrected chi connectivity index (χ3v) is 4.59. The molecule has 0 N–H and O–H groups in total. The lowest BCUT2D eigenvalue weighted by Gasteiger charge is -2.37. The van der Waals surface area contributed by atoms with Crippen molar-refractivity contribution in [3.8, 4) is 5.75 Å². The van der Waals surface area contributed by atoms with Crippen molar-refractivity contribution in [1.82, 2.24) is 4.90 Å². The van der Waals surface area contributed by atoms with Gasteiger partial charge >= 0.3 is 0 Å². The number of benzene rings is 1. The maximum absolute atomic E-state index is 12.6. The van der Waals surface area contributed by atoms with E-state index in [0.717, 1.165) is 30.2 Å². The molecule has 0 bridgehead atoms. The van der Waals surface area contributed by atoms with Gasteiger partial charge in [-0.2, -0.15) is 0 Å². The standard InChI is InChI=1S/C16H21NO2/c1-19-14-9-7-13(8-10-14)16(18)17-11-3-6-15(17)12-4-2-5-12/h7-10,12,15H,2-6,11H2,1H3. The van der Waals surface area contributed by atoms with Gasteiger partial charge in [0.1, 0.15) is 5.75 Å². The van der Waals surface area contributed by atoms with Crippen molar-refractivity contribution in [2.24, 2.45) is 5.92 Å². The van der Waals surface area contributed by atoms with Gasteiger partial charge in [0.25, 0.3) is 5.91 Å². The molecule has 1 atom stereocenters. The van der Waals surface area contributed by atoms with E-state index in [1.54, 1.807) is 7.11 Å². The van der Waals surface area contributed by atoms with Crippen LogP contribution in [-0.2, 0) is 0 Å². The van der Waals surface area contributed by atoms with Crippen LogP contribution in [0.5, 0.6) is 5.75 Å². The summed E-state index contributed by atoms with van der Waals surface area (Å²) in [4.78, 5) is 14.7. The summed E-state index contributed by atoms with van der Waals surface area (Å²) in [6.07, 6.45) is 6.29. The van der Waals surface area contributed by atoms with Crippen LogP contribution in [0.2, 0.25) is 0 Å². The second-order valence-corrected chi connectivity index (χ2v) is 5.63. The monoisotopic (exact) mass is 259 g/mol. The minimum atomic E-state index is 0.192. The van der Waals surface area contributed by atoms with E-state index in [9.17, 15) is 4.79 Å². The minimum Gasteiger partial charge on any atom is -0.497 e. The molecule has 1 saturated heterocycles. The number of methoxy groups -OCH3 is 1. The summed E-state index contributed by atoms with van der Waals surface area (Å²) in [5.41, 5.74) is 0.784. The van der Waals surface area contributed by atoms with Crippen molar-refractivity contribution in [2.45, 2.75) is 38.1 Å². The van der Waals surface area contributed by atoms with E-state index in [-0.39, 0.29) is 5.91 Å². The molecular formula is C16H21NO2. The van der Waals surface area contributed by atoms with Crippen molar-refractivity contribution < 1.29 is 9.53 Å². The Bertz CT molecular complexity index is 450. The molecule has 102 valence electrons. The first-order valence-electron chi connectivity index (χ1n) is 7.24. The molecule has 1 amide bonds. The van der Waals surface area contributed by atoms with Gasteiger partial charge in [0.05, 0.1) is 7.11 Å². The summed E-state index contributed by atoms with van der Waals surface area (Å²) in [6, 6.07) is 7.96. The Labute approximate surface area is 114 Å². The van der Waals surface area contributed by atoms with Gasteiger partial charge in [0.2, 0.25) is 0 Å². The van der Waals surface area contributed by atoms with Crippen LogP contribution in [0.3, 0.4) is 0 Å². The average Bonchev–Trinajstić information content (AvgIpc) is 2.85. The summed E-state index contributed by atoms with van der Waals surface area (Å²) in [6.45, 7) is 0.923. The molecule has 3 heteroatoms. The number of nitrogens with zero attached hydrogens (tertiary/aromatic N) is 1. The first kappa shape index (κ1) is 12.5. The van der Waals surface area contributed by atoms with Crippen LogP contribution in [0.25, 0.3) is 0 Å². The SMILES string of the molecule is COc1ccc(C(=O)N2CCCC2C2CCC2)cc1. The molecule has 0 radical (unpaired) electrons. The Morgan fingerprint density at radius 1 is 1.16 bits per heavy atom. The third-order valence-electron chi connectivity index (χ3n) is 4.59. The molecule has 1 aromatic carbocycles. The van der Waals surface area contributed by atoms with Gasteiger partial charge in [-0.05, 0) is 55.9 Å². The van der Waals surface area contributed by atoms with Crippen LogP contribution >= 0.6 is 0 Å². The molecule has 3 nitrogen and oxygen atoms in total. The molecule has 1 aliphatic heterocycles. The van der Waals surface area contributed by atoms with Crippen LogP contribution in [0.15, 0.2) is 24.3 Å². The quantitative estimate of drug-likeness (QED) is 0.834. The number of hydrogen-bond donors (Lipinski definition) is 0. The van der Waals surface area contributed by atoms with E-state index in [0.29, 0.717) is 6.04 Å². The number of likely N-dealkylation sites (tertiary alicyclic amines) is 1. The van der Waals surface area contributed by atoms with Crippen molar-refractivity contribution >= 4 is 5.91 Å². The van der Waals surface area contributed by atoms with Gasteiger partial charge in [-0.1, -0.05) is 6.42 Å². The lowest BCUT2D eigenvalue weighted by atomic mass is 9.78. The van der Waals surface area contributed by atoms with Crippen LogP contribution in [0.4, 0.5) is 0 Å². The zero-order valence-electron chi connectivity index (χ0n) is 11.5. The number of carbonyl (C=O) groups is 1. The zero-order valence-corrected chi connectivity index (χ0v) is 11.5. The Kier molecular flexibility index (Phi) is 3.45. The first-order valence-corrected chi connectivity index (χ1v) is 7.24. The molecule has 1 aliphatic carbocycles. The van der Waals surface area contributed by atoms with Crippen molar-refractivity contribution in [3.63, 3.8) is 0 Å². The van der Waals surface area contributed by atoms with Crippen LogP contribution in [0.1, 0.15) is 42.5 Å². The lowest BCUT2D eigenvalue weighted by molar-refractivity contribution is 0.0626. The highest BCUT2D eigenvalue weighted by atomic mass is 16.5. The Morgan fingerprint density at radius 3 is 2.47 bits per heavy atom. The van der Waals surface area contributed by atoms with E-state index < -0.39 is 0 Å². The molecule has 1 aromatic rings. The van der Waals surface area contributed by atoms with Gasteiger partial charge in [-0.3, -0.25) is 4.79 Å². The fourth-order valence-corrected chi connectivity index (χ4v) is 3.26. The average molecular weight is 259 g/mol. The molecule has 1 heterocycles. The first-order chi connectivity index (χ1) is 9.29. The Hall–Kier alpha value is -1.51. The van der Waals surface area contributed by atoms with Gasteiger partial charge in [0.15, 0.2) is 0 Å². The summed E-state index contributed by atoms with van der Waals surface area (Å²) in [7, 11) is 1.64. The minimum absolute atomic E-state index is 0.192. The third kappa shape index (κ3) is 2.34. The lowest BCUT2D eigenvalue weighted by Crippen LogP contribution is -2.42. The maximum atomic E-state index is 12.6. The summed E-state index contributed by atoms with van der Waals surface area (Å²) < 4.78 is 5.14. The van der Waals surface area contributed by atoms with Gasteiger partial charge < -0.3 is 9.64 Å². The fraction of sp³-hybridized carbons (Fsp3) is 0.562. The van der Waals surface area contributed by atoms with E-state index in [1.165, 1.54) is 25.7 Å². The van der Waals surface area contributed by atoms with Gasteiger partial charge in [-0.25, -0.2) is 0 Å².